The molecule has 0 amide bonds. The second kappa shape index (κ2) is 5.72. The molecule has 1 heteroatoms. The van der Waals surface area contributed by atoms with Crippen LogP contribution in [-0.4, -0.2) is 4.43 Å². The summed E-state index contributed by atoms with van der Waals surface area (Å²) in [6.45, 7) is 9.70. The minimum atomic E-state index is 0.940. The quantitative estimate of drug-likeness (QED) is 0.520. The molecule has 0 aliphatic heterocycles. The highest BCUT2D eigenvalue weighted by Gasteiger charge is 2.33. The lowest BCUT2D eigenvalue weighted by molar-refractivity contribution is 0.111. The maximum atomic E-state index is 2.58. The molecule has 0 aromatic heterocycles. The largest absolute Gasteiger partial charge is 0.0861 e. The molecule has 84 valence electrons. The third kappa shape index (κ3) is 2.86. The van der Waals surface area contributed by atoms with Gasteiger partial charge in [-0.3, -0.25) is 0 Å². The summed E-state index contributed by atoms with van der Waals surface area (Å²) in [6.07, 6.45) is 4.33. The lowest BCUT2D eigenvalue weighted by Crippen LogP contribution is -2.33. The van der Waals surface area contributed by atoms with Crippen LogP contribution in [0.3, 0.4) is 0 Å². The molecule has 0 aromatic carbocycles. The van der Waals surface area contributed by atoms with Crippen molar-refractivity contribution in [2.24, 2.45) is 29.6 Å². The topological polar surface area (TPSA) is 0 Å². The van der Waals surface area contributed by atoms with Crippen LogP contribution in [0.25, 0.3) is 0 Å². The van der Waals surface area contributed by atoms with Gasteiger partial charge in [-0.1, -0.05) is 56.7 Å². The minimum absolute atomic E-state index is 0.940. The molecule has 0 N–H and O–H groups in total. The fourth-order valence-electron chi connectivity index (χ4n) is 2.86. The predicted molar refractivity (Wildman–Crippen MR) is 72.9 cm³/mol. The minimum Gasteiger partial charge on any atom is -0.0861 e. The van der Waals surface area contributed by atoms with Gasteiger partial charge in [-0.05, 0) is 42.4 Å². The van der Waals surface area contributed by atoms with Crippen LogP contribution in [0.2, 0.25) is 0 Å². The van der Waals surface area contributed by atoms with Gasteiger partial charge >= 0.3 is 0 Å². The zero-order valence-electron chi connectivity index (χ0n) is 10.1. The van der Waals surface area contributed by atoms with E-state index < -0.39 is 0 Å². The van der Waals surface area contributed by atoms with Crippen LogP contribution in [0.4, 0.5) is 0 Å². The van der Waals surface area contributed by atoms with E-state index in [1.807, 2.05) is 0 Å². The molecule has 1 rings (SSSR count). The van der Waals surface area contributed by atoms with Gasteiger partial charge in [-0.25, -0.2) is 0 Å². The van der Waals surface area contributed by atoms with Gasteiger partial charge in [0.15, 0.2) is 0 Å². The summed E-state index contributed by atoms with van der Waals surface area (Å²) in [6, 6.07) is 0. The van der Waals surface area contributed by atoms with Gasteiger partial charge in [0.1, 0.15) is 0 Å². The monoisotopic (exact) mass is 308 g/mol. The predicted octanol–water partition coefficient (Wildman–Crippen LogP) is 4.77. The number of hydrogen-bond donors (Lipinski definition) is 0. The molecule has 0 saturated heterocycles. The Morgan fingerprint density at radius 3 is 2.43 bits per heavy atom. The highest BCUT2D eigenvalue weighted by Crippen LogP contribution is 2.42. The van der Waals surface area contributed by atoms with Crippen LogP contribution >= 0.6 is 22.6 Å². The highest BCUT2D eigenvalue weighted by atomic mass is 127. The number of halogens is 1. The first-order valence-electron chi connectivity index (χ1n) is 6.16. The highest BCUT2D eigenvalue weighted by molar-refractivity contribution is 14.1. The normalized spacial score (nSPS) is 40.9. The van der Waals surface area contributed by atoms with E-state index in [9.17, 15) is 0 Å². The molecular formula is C13H25I. The number of rotatable bonds is 3. The smallest absolute Gasteiger partial charge is 0.00264 e. The summed E-state index contributed by atoms with van der Waals surface area (Å²) in [7, 11) is 0. The molecule has 14 heavy (non-hydrogen) atoms. The van der Waals surface area contributed by atoms with E-state index in [1.54, 1.807) is 0 Å². The van der Waals surface area contributed by atoms with Crippen molar-refractivity contribution in [1.29, 1.82) is 0 Å². The van der Waals surface area contributed by atoms with E-state index in [0.29, 0.717) is 0 Å². The zero-order valence-corrected chi connectivity index (χ0v) is 12.3. The Morgan fingerprint density at radius 1 is 1.29 bits per heavy atom. The molecule has 1 aliphatic carbocycles. The van der Waals surface area contributed by atoms with Crippen LogP contribution in [0.15, 0.2) is 0 Å². The fourth-order valence-corrected chi connectivity index (χ4v) is 4.02. The summed E-state index contributed by atoms with van der Waals surface area (Å²) >= 11 is 2.58. The van der Waals surface area contributed by atoms with Crippen LogP contribution in [0, 0.1) is 29.6 Å². The summed E-state index contributed by atoms with van der Waals surface area (Å²) in [5.41, 5.74) is 0. The Balaban J connectivity index is 2.58. The second-order valence-corrected chi connectivity index (χ2v) is 6.25. The Bertz CT molecular complexity index is 167. The van der Waals surface area contributed by atoms with Crippen molar-refractivity contribution in [1.82, 2.24) is 0 Å². The first-order chi connectivity index (χ1) is 6.60. The van der Waals surface area contributed by atoms with Crippen molar-refractivity contribution in [2.45, 2.75) is 47.0 Å². The standard InChI is InChI=1S/C13H25I/c1-5-9(2)12-6-10(3)11(4)13(7-12)8-14/h9-13H,5-8H2,1-4H3. The molecule has 0 bridgehead atoms. The molecule has 0 aromatic rings. The molecule has 0 heterocycles. The maximum absolute atomic E-state index is 2.58. The third-order valence-corrected chi connectivity index (χ3v) is 5.70. The lowest BCUT2D eigenvalue weighted by atomic mass is 9.66. The zero-order chi connectivity index (χ0) is 10.7. The van der Waals surface area contributed by atoms with Crippen LogP contribution in [0.5, 0.6) is 0 Å². The van der Waals surface area contributed by atoms with Crippen molar-refractivity contribution < 1.29 is 0 Å². The first-order valence-corrected chi connectivity index (χ1v) is 7.68. The average molecular weight is 308 g/mol. The maximum Gasteiger partial charge on any atom is 0.00264 e. The molecule has 0 nitrogen and oxygen atoms in total. The second-order valence-electron chi connectivity index (χ2n) is 5.37. The molecule has 0 radical (unpaired) electrons. The van der Waals surface area contributed by atoms with Gasteiger partial charge in [0, 0.05) is 4.43 Å². The van der Waals surface area contributed by atoms with Crippen LogP contribution in [-0.2, 0) is 0 Å². The van der Waals surface area contributed by atoms with Gasteiger partial charge in [-0.2, -0.15) is 0 Å². The molecule has 5 unspecified atom stereocenters. The van der Waals surface area contributed by atoms with Crippen molar-refractivity contribution in [3.05, 3.63) is 0 Å². The van der Waals surface area contributed by atoms with E-state index in [-0.39, 0.29) is 0 Å². The van der Waals surface area contributed by atoms with Gasteiger partial charge in [0.2, 0.25) is 0 Å². The summed E-state index contributed by atoms with van der Waals surface area (Å²) in [4.78, 5) is 0. The van der Waals surface area contributed by atoms with Crippen molar-refractivity contribution in [2.75, 3.05) is 4.43 Å². The van der Waals surface area contributed by atoms with E-state index in [4.69, 9.17) is 0 Å². The SMILES string of the molecule is CCC(C)C1CC(C)C(C)C(CI)C1. The van der Waals surface area contributed by atoms with E-state index in [0.717, 1.165) is 29.6 Å². The number of hydrogen-bond acceptors (Lipinski definition) is 0. The summed E-state index contributed by atoms with van der Waals surface area (Å²) in [5.74, 6) is 4.83. The van der Waals surface area contributed by atoms with Gasteiger partial charge in [0.25, 0.3) is 0 Å². The molecular weight excluding hydrogens is 283 g/mol. The van der Waals surface area contributed by atoms with Crippen molar-refractivity contribution in [3.8, 4) is 0 Å². The average Bonchev–Trinajstić information content (AvgIpc) is 2.20. The number of alkyl halides is 1. The van der Waals surface area contributed by atoms with Crippen LogP contribution in [0.1, 0.15) is 47.0 Å². The Hall–Kier alpha value is 0.730. The molecule has 1 saturated carbocycles. The molecule has 0 spiro atoms. The van der Waals surface area contributed by atoms with Crippen LogP contribution < -0.4 is 0 Å². The molecule has 5 atom stereocenters. The fraction of sp³-hybridized carbons (Fsp3) is 1.00. The van der Waals surface area contributed by atoms with E-state index >= 15 is 0 Å². The molecule has 1 aliphatic rings. The van der Waals surface area contributed by atoms with Crippen molar-refractivity contribution >= 4 is 22.6 Å². The lowest BCUT2D eigenvalue weighted by Gasteiger charge is -2.40. The van der Waals surface area contributed by atoms with Crippen molar-refractivity contribution in [3.63, 3.8) is 0 Å². The van der Waals surface area contributed by atoms with Gasteiger partial charge in [-0.15, -0.1) is 0 Å². The first kappa shape index (κ1) is 12.8. The third-order valence-electron chi connectivity index (χ3n) is 4.57. The van der Waals surface area contributed by atoms with Gasteiger partial charge < -0.3 is 0 Å². The van der Waals surface area contributed by atoms with Gasteiger partial charge in [0.05, 0.1) is 0 Å². The Morgan fingerprint density at radius 2 is 1.93 bits per heavy atom. The van der Waals surface area contributed by atoms with E-state index in [2.05, 4.69) is 50.3 Å². The summed E-state index contributed by atoms with van der Waals surface area (Å²) in [5, 5.41) is 0. The molecule has 1 fully saturated rings. The Labute approximate surface area is 103 Å². The van der Waals surface area contributed by atoms with E-state index in [1.165, 1.54) is 23.7 Å². The summed E-state index contributed by atoms with van der Waals surface area (Å²) < 4.78 is 1.36. The Kier molecular flexibility index (Phi) is 5.22.